The van der Waals surface area contributed by atoms with Crippen molar-refractivity contribution in [2.24, 2.45) is 11.7 Å². The molecule has 0 radical (unpaired) electrons. The van der Waals surface area contributed by atoms with E-state index in [1.165, 1.54) is 0 Å². The Morgan fingerprint density at radius 2 is 2.05 bits per heavy atom. The number of morpholine rings is 1. The number of amides is 1. The van der Waals surface area contributed by atoms with Crippen molar-refractivity contribution in [3.63, 3.8) is 0 Å². The van der Waals surface area contributed by atoms with Crippen LogP contribution in [0, 0.1) is 5.92 Å². The van der Waals surface area contributed by atoms with Crippen LogP contribution in [0.25, 0.3) is 0 Å². The second kappa shape index (κ2) is 12.5. The first-order chi connectivity index (χ1) is 8.97. The third-order valence-electron chi connectivity index (χ3n) is 3.20. The minimum atomic E-state index is 0. The zero-order valence-corrected chi connectivity index (χ0v) is 15.0. The minimum absolute atomic E-state index is 0. The van der Waals surface area contributed by atoms with Gasteiger partial charge < -0.3 is 15.8 Å². The molecule has 2 unspecified atom stereocenters. The first kappa shape index (κ1) is 23.2. The topological polar surface area (TPSA) is 67.6 Å². The summed E-state index contributed by atoms with van der Waals surface area (Å²) in [6, 6.07) is 0.0817. The predicted octanol–water partition coefficient (Wildman–Crippen LogP) is 1.43. The lowest BCUT2D eigenvalue weighted by Crippen LogP contribution is -2.48. The molecule has 1 heterocycles. The maximum atomic E-state index is 11.6. The molecule has 0 aromatic heterocycles. The fourth-order valence-corrected chi connectivity index (χ4v) is 2.26. The van der Waals surface area contributed by atoms with Gasteiger partial charge in [0, 0.05) is 38.6 Å². The summed E-state index contributed by atoms with van der Waals surface area (Å²) in [5, 5.41) is 2.94. The summed E-state index contributed by atoms with van der Waals surface area (Å²) in [7, 11) is 0. The van der Waals surface area contributed by atoms with Crippen molar-refractivity contribution in [2.75, 3.05) is 32.8 Å². The van der Waals surface area contributed by atoms with Gasteiger partial charge in [-0.3, -0.25) is 9.69 Å². The van der Waals surface area contributed by atoms with Crippen LogP contribution in [0.15, 0.2) is 0 Å². The number of hydrogen-bond acceptors (Lipinski definition) is 4. The Bertz CT molecular complexity index is 279. The molecule has 1 amide bonds. The summed E-state index contributed by atoms with van der Waals surface area (Å²) in [5.41, 5.74) is 5.63. The number of nitrogens with two attached hydrogens (primary N) is 1. The molecule has 7 heteroatoms. The van der Waals surface area contributed by atoms with Gasteiger partial charge in [-0.05, 0) is 19.3 Å². The number of nitrogens with zero attached hydrogens (tertiary/aromatic N) is 1. The van der Waals surface area contributed by atoms with Crippen LogP contribution in [-0.2, 0) is 9.53 Å². The van der Waals surface area contributed by atoms with Gasteiger partial charge in [0.1, 0.15) is 0 Å². The lowest BCUT2D eigenvalue weighted by atomic mass is 10.1. The van der Waals surface area contributed by atoms with E-state index in [0.29, 0.717) is 18.9 Å². The monoisotopic (exact) mass is 343 g/mol. The number of ether oxygens (including phenoxy) is 1. The van der Waals surface area contributed by atoms with Gasteiger partial charge in [0.15, 0.2) is 0 Å². The fraction of sp³-hybridized carbons (Fsp3) is 0.929. The maximum Gasteiger partial charge on any atom is 0.220 e. The van der Waals surface area contributed by atoms with Gasteiger partial charge in [0.05, 0.1) is 12.7 Å². The van der Waals surface area contributed by atoms with Crippen LogP contribution in [0.2, 0.25) is 0 Å². The van der Waals surface area contributed by atoms with E-state index >= 15 is 0 Å². The maximum absolute atomic E-state index is 11.6. The lowest BCUT2D eigenvalue weighted by Gasteiger charge is -2.34. The van der Waals surface area contributed by atoms with Crippen molar-refractivity contribution in [1.82, 2.24) is 10.2 Å². The molecule has 128 valence electrons. The molecule has 3 N–H and O–H groups in total. The summed E-state index contributed by atoms with van der Waals surface area (Å²) in [4.78, 5) is 14.0. The summed E-state index contributed by atoms with van der Waals surface area (Å²) >= 11 is 0. The average Bonchev–Trinajstić information content (AvgIpc) is 2.33. The van der Waals surface area contributed by atoms with E-state index in [4.69, 9.17) is 10.5 Å². The van der Waals surface area contributed by atoms with Crippen molar-refractivity contribution in [1.29, 1.82) is 0 Å². The van der Waals surface area contributed by atoms with Crippen LogP contribution in [0.4, 0.5) is 0 Å². The SMILES string of the molecule is CC(C)CN1CCOC(CNC(=O)CCC(C)N)C1.Cl.Cl. The van der Waals surface area contributed by atoms with Crippen LogP contribution >= 0.6 is 24.8 Å². The molecule has 1 aliphatic heterocycles. The van der Waals surface area contributed by atoms with Crippen LogP contribution in [-0.4, -0.2) is 55.7 Å². The first-order valence-electron chi connectivity index (χ1n) is 7.33. The first-order valence-corrected chi connectivity index (χ1v) is 7.33. The Morgan fingerprint density at radius 3 is 2.62 bits per heavy atom. The molecule has 0 bridgehead atoms. The Hall–Kier alpha value is -0.0700. The molecule has 1 rings (SSSR count). The van der Waals surface area contributed by atoms with Crippen molar-refractivity contribution in [2.45, 2.75) is 45.8 Å². The second-order valence-electron chi connectivity index (χ2n) is 5.97. The van der Waals surface area contributed by atoms with Gasteiger partial charge in [-0.25, -0.2) is 0 Å². The highest BCUT2D eigenvalue weighted by molar-refractivity contribution is 5.85. The molecule has 1 fully saturated rings. The third-order valence-corrected chi connectivity index (χ3v) is 3.20. The molecule has 0 aromatic rings. The Kier molecular flexibility index (Phi) is 13.8. The van der Waals surface area contributed by atoms with Gasteiger partial charge >= 0.3 is 0 Å². The van der Waals surface area contributed by atoms with E-state index in [-0.39, 0.29) is 42.9 Å². The van der Waals surface area contributed by atoms with E-state index in [0.717, 1.165) is 32.7 Å². The van der Waals surface area contributed by atoms with Crippen LogP contribution < -0.4 is 11.1 Å². The molecule has 1 saturated heterocycles. The molecular weight excluding hydrogens is 313 g/mol. The van der Waals surface area contributed by atoms with Crippen molar-refractivity contribution in [3.05, 3.63) is 0 Å². The zero-order chi connectivity index (χ0) is 14.3. The highest BCUT2D eigenvalue weighted by Crippen LogP contribution is 2.07. The Labute approximate surface area is 141 Å². The van der Waals surface area contributed by atoms with Gasteiger partial charge in [-0.2, -0.15) is 0 Å². The number of nitrogens with one attached hydrogen (secondary N) is 1. The predicted molar refractivity (Wildman–Crippen MR) is 91.4 cm³/mol. The summed E-state index contributed by atoms with van der Waals surface area (Å²) in [5.74, 6) is 0.737. The van der Waals surface area contributed by atoms with Gasteiger partial charge in [0.25, 0.3) is 0 Å². The van der Waals surface area contributed by atoms with Gasteiger partial charge in [0.2, 0.25) is 5.91 Å². The van der Waals surface area contributed by atoms with Gasteiger partial charge in [-0.15, -0.1) is 24.8 Å². The van der Waals surface area contributed by atoms with E-state index < -0.39 is 0 Å². The standard InChI is InChI=1S/C14H29N3O2.2ClH/c1-11(2)9-17-6-7-19-13(10-17)8-16-14(18)5-4-12(3)15;;/h11-13H,4-10,15H2,1-3H3,(H,16,18);2*1H. The van der Waals surface area contributed by atoms with Crippen molar-refractivity contribution in [3.8, 4) is 0 Å². The molecule has 5 nitrogen and oxygen atoms in total. The van der Waals surface area contributed by atoms with Crippen molar-refractivity contribution < 1.29 is 9.53 Å². The van der Waals surface area contributed by atoms with Crippen LogP contribution in [0.1, 0.15) is 33.6 Å². The van der Waals surface area contributed by atoms with E-state index in [2.05, 4.69) is 24.1 Å². The van der Waals surface area contributed by atoms with E-state index in [1.807, 2.05) is 6.92 Å². The molecule has 0 saturated carbocycles. The molecule has 0 spiro atoms. The molecule has 2 atom stereocenters. The van der Waals surface area contributed by atoms with E-state index in [9.17, 15) is 4.79 Å². The van der Waals surface area contributed by atoms with Crippen LogP contribution in [0.3, 0.4) is 0 Å². The number of hydrogen-bond donors (Lipinski definition) is 2. The largest absolute Gasteiger partial charge is 0.374 e. The second-order valence-corrected chi connectivity index (χ2v) is 5.97. The number of halogens is 2. The van der Waals surface area contributed by atoms with Crippen LogP contribution in [0.5, 0.6) is 0 Å². The summed E-state index contributed by atoms with van der Waals surface area (Å²) < 4.78 is 5.68. The lowest BCUT2D eigenvalue weighted by molar-refractivity contribution is -0.122. The number of carbonyl (C=O) groups is 1. The molecule has 0 aliphatic carbocycles. The Balaban J connectivity index is 0. The molecule has 1 aliphatic rings. The molecular formula is C14H31Cl2N3O2. The summed E-state index contributed by atoms with van der Waals surface area (Å²) in [6.07, 6.45) is 1.35. The zero-order valence-electron chi connectivity index (χ0n) is 13.3. The highest BCUT2D eigenvalue weighted by Gasteiger charge is 2.21. The smallest absolute Gasteiger partial charge is 0.220 e. The van der Waals surface area contributed by atoms with E-state index in [1.54, 1.807) is 0 Å². The summed E-state index contributed by atoms with van der Waals surface area (Å²) in [6.45, 7) is 10.7. The minimum Gasteiger partial charge on any atom is -0.374 e. The molecule has 21 heavy (non-hydrogen) atoms. The third kappa shape index (κ3) is 11.2. The fourth-order valence-electron chi connectivity index (χ4n) is 2.26. The highest BCUT2D eigenvalue weighted by atomic mass is 35.5. The number of carbonyl (C=O) groups excluding carboxylic acids is 1. The normalized spacial score (nSPS) is 20.3. The number of rotatable bonds is 7. The molecule has 0 aromatic carbocycles. The Morgan fingerprint density at radius 1 is 1.38 bits per heavy atom. The van der Waals surface area contributed by atoms with Gasteiger partial charge in [-0.1, -0.05) is 13.8 Å². The van der Waals surface area contributed by atoms with Crippen molar-refractivity contribution >= 4 is 30.7 Å². The quantitative estimate of drug-likeness (QED) is 0.733. The average molecular weight is 344 g/mol.